The largest absolute Gasteiger partial charge is 0.464 e. The molecule has 0 aromatic heterocycles. The number of benzene rings is 1. The number of carbonyl (C=O) groups excluding carboxylic acids is 2. The number of hydrogen-bond acceptors (Lipinski definition) is 4. The molecule has 0 aliphatic heterocycles. The predicted molar refractivity (Wildman–Crippen MR) is 63.4 cm³/mol. The van der Waals surface area contributed by atoms with E-state index in [4.69, 9.17) is 10.5 Å². The zero-order valence-electron chi connectivity index (χ0n) is 9.68. The van der Waals surface area contributed by atoms with Crippen LogP contribution in [0.25, 0.3) is 0 Å². The van der Waals surface area contributed by atoms with Gasteiger partial charge in [0.2, 0.25) is 0 Å². The molecule has 5 nitrogen and oxygen atoms in total. The topological polar surface area (TPSA) is 81.4 Å². The molecule has 0 spiro atoms. The van der Waals surface area contributed by atoms with Crippen molar-refractivity contribution in [3.05, 3.63) is 35.9 Å². The summed E-state index contributed by atoms with van der Waals surface area (Å²) < 4.78 is 4.80. The van der Waals surface area contributed by atoms with Crippen molar-refractivity contribution in [3.63, 3.8) is 0 Å². The van der Waals surface area contributed by atoms with Crippen LogP contribution in [0.3, 0.4) is 0 Å². The van der Waals surface area contributed by atoms with Crippen molar-refractivity contribution in [2.75, 3.05) is 13.2 Å². The normalized spacial score (nSPS) is 11.6. The molecular formula is C12H16N2O3. The summed E-state index contributed by atoms with van der Waals surface area (Å²) in [7, 11) is 0. The van der Waals surface area contributed by atoms with Crippen molar-refractivity contribution in [1.29, 1.82) is 0 Å². The lowest BCUT2D eigenvalue weighted by Crippen LogP contribution is -2.46. The van der Waals surface area contributed by atoms with Crippen molar-refractivity contribution in [1.82, 2.24) is 5.32 Å². The van der Waals surface area contributed by atoms with Crippen molar-refractivity contribution in [2.24, 2.45) is 5.73 Å². The van der Waals surface area contributed by atoms with Crippen LogP contribution in [0.1, 0.15) is 17.3 Å². The second-order valence-corrected chi connectivity index (χ2v) is 3.38. The zero-order chi connectivity index (χ0) is 12.7. The molecule has 0 aliphatic carbocycles. The number of ether oxygens (including phenoxy) is 1. The van der Waals surface area contributed by atoms with Gasteiger partial charge in [0.15, 0.2) is 0 Å². The Morgan fingerprint density at radius 3 is 2.53 bits per heavy atom. The third-order valence-corrected chi connectivity index (χ3v) is 2.15. The Kier molecular flexibility index (Phi) is 5.16. The summed E-state index contributed by atoms with van der Waals surface area (Å²) >= 11 is 0. The van der Waals surface area contributed by atoms with Gasteiger partial charge < -0.3 is 15.8 Å². The summed E-state index contributed by atoms with van der Waals surface area (Å²) in [6.07, 6.45) is 0. The molecule has 1 rings (SSSR count). The molecular weight excluding hydrogens is 220 g/mol. The second-order valence-electron chi connectivity index (χ2n) is 3.38. The van der Waals surface area contributed by atoms with Gasteiger partial charge in [0, 0.05) is 12.1 Å². The van der Waals surface area contributed by atoms with E-state index < -0.39 is 12.0 Å². The average molecular weight is 236 g/mol. The Labute approximate surface area is 99.9 Å². The molecule has 0 saturated carbocycles. The molecule has 0 fully saturated rings. The number of hydrogen-bond donors (Lipinski definition) is 2. The highest BCUT2D eigenvalue weighted by Gasteiger charge is 2.20. The summed E-state index contributed by atoms with van der Waals surface area (Å²) in [4.78, 5) is 23.2. The Hall–Kier alpha value is -1.88. The first-order valence-electron chi connectivity index (χ1n) is 5.41. The highest BCUT2D eigenvalue weighted by molar-refractivity contribution is 5.96. The maximum Gasteiger partial charge on any atom is 0.329 e. The molecule has 1 unspecified atom stereocenters. The van der Waals surface area contributed by atoms with E-state index in [1.165, 1.54) is 0 Å². The Bertz CT molecular complexity index is 379. The monoisotopic (exact) mass is 236 g/mol. The van der Waals surface area contributed by atoms with Gasteiger partial charge in [-0.3, -0.25) is 4.79 Å². The minimum absolute atomic E-state index is 0.0113. The highest BCUT2D eigenvalue weighted by Crippen LogP contribution is 1.99. The van der Waals surface area contributed by atoms with E-state index in [1.54, 1.807) is 31.2 Å². The predicted octanol–water partition coefficient (Wildman–Crippen LogP) is 0.307. The molecule has 5 heteroatoms. The van der Waals surface area contributed by atoms with Crippen LogP contribution in [0.15, 0.2) is 30.3 Å². The maximum atomic E-state index is 11.7. The molecule has 1 atom stereocenters. The highest BCUT2D eigenvalue weighted by atomic mass is 16.5. The number of nitrogens with two attached hydrogens (primary N) is 1. The van der Waals surface area contributed by atoms with Crippen LogP contribution in [0.4, 0.5) is 0 Å². The fraction of sp³-hybridized carbons (Fsp3) is 0.333. The van der Waals surface area contributed by atoms with Crippen molar-refractivity contribution >= 4 is 11.9 Å². The van der Waals surface area contributed by atoms with Gasteiger partial charge in [0.05, 0.1) is 6.61 Å². The van der Waals surface area contributed by atoms with Crippen LogP contribution in [0.5, 0.6) is 0 Å². The van der Waals surface area contributed by atoms with Gasteiger partial charge in [0.25, 0.3) is 5.91 Å². The Morgan fingerprint density at radius 1 is 1.35 bits per heavy atom. The summed E-state index contributed by atoms with van der Waals surface area (Å²) in [6, 6.07) is 7.82. The van der Waals surface area contributed by atoms with Crippen molar-refractivity contribution < 1.29 is 14.3 Å². The molecule has 0 saturated heterocycles. The molecule has 3 N–H and O–H groups in total. The van der Waals surface area contributed by atoms with E-state index in [0.717, 1.165) is 0 Å². The molecule has 0 aliphatic rings. The lowest BCUT2D eigenvalue weighted by Gasteiger charge is -2.15. The van der Waals surface area contributed by atoms with Crippen LogP contribution >= 0.6 is 0 Å². The third-order valence-electron chi connectivity index (χ3n) is 2.15. The van der Waals surface area contributed by atoms with Gasteiger partial charge in [0.1, 0.15) is 6.04 Å². The van der Waals surface area contributed by atoms with Gasteiger partial charge in [-0.25, -0.2) is 4.79 Å². The van der Waals surface area contributed by atoms with E-state index in [9.17, 15) is 9.59 Å². The maximum absolute atomic E-state index is 11.7. The van der Waals surface area contributed by atoms with E-state index in [0.29, 0.717) is 5.56 Å². The van der Waals surface area contributed by atoms with E-state index in [-0.39, 0.29) is 19.1 Å². The van der Waals surface area contributed by atoms with Gasteiger partial charge in [-0.2, -0.15) is 0 Å². The minimum atomic E-state index is -0.803. The van der Waals surface area contributed by atoms with Crippen molar-refractivity contribution in [2.45, 2.75) is 13.0 Å². The first-order valence-corrected chi connectivity index (χ1v) is 5.41. The van der Waals surface area contributed by atoms with E-state index in [2.05, 4.69) is 5.32 Å². The molecule has 1 aromatic rings. The van der Waals surface area contributed by atoms with Gasteiger partial charge in [-0.05, 0) is 19.1 Å². The van der Waals surface area contributed by atoms with Crippen LogP contribution in [-0.2, 0) is 9.53 Å². The third kappa shape index (κ3) is 3.88. The standard InChI is InChI=1S/C12H16N2O3/c1-2-17-12(16)10(8-13)14-11(15)9-6-4-3-5-7-9/h3-7,10H,2,8,13H2,1H3,(H,14,15). The number of carbonyl (C=O) groups is 2. The summed E-state index contributed by atoms with van der Waals surface area (Å²) in [6.45, 7) is 1.97. The second kappa shape index (κ2) is 6.65. The van der Waals surface area contributed by atoms with E-state index >= 15 is 0 Å². The Balaban J connectivity index is 2.63. The number of rotatable bonds is 5. The lowest BCUT2D eigenvalue weighted by molar-refractivity contribution is -0.145. The molecule has 92 valence electrons. The average Bonchev–Trinajstić information content (AvgIpc) is 2.37. The summed E-state index contributed by atoms with van der Waals surface area (Å²) in [5, 5.41) is 2.53. The fourth-order valence-electron chi connectivity index (χ4n) is 1.29. The van der Waals surface area contributed by atoms with Gasteiger partial charge in [-0.15, -0.1) is 0 Å². The first kappa shape index (κ1) is 13.2. The van der Waals surface area contributed by atoms with Crippen LogP contribution < -0.4 is 11.1 Å². The van der Waals surface area contributed by atoms with Crippen molar-refractivity contribution in [3.8, 4) is 0 Å². The van der Waals surface area contributed by atoms with Crippen LogP contribution in [0.2, 0.25) is 0 Å². The van der Waals surface area contributed by atoms with Gasteiger partial charge >= 0.3 is 5.97 Å². The van der Waals surface area contributed by atoms with Crippen LogP contribution in [-0.4, -0.2) is 31.1 Å². The summed E-state index contributed by atoms with van der Waals surface area (Å²) in [5.41, 5.74) is 5.90. The number of nitrogens with one attached hydrogen (secondary N) is 1. The molecule has 1 aromatic carbocycles. The summed E-state index contributed by atoms with van der Waals surface area (Å²) in [5.74, 6) is -0.853. The molecule has 0 radical (unpaired) electrons. The minimum Gasteiger partial charge on any atom is -0.464 e. The van der Waals surface area contributed by atoms with E-state index in [1.807, 2.05) is 6.07 Å². The fourth-order valence-corrected chi connectivity index (χ4v) is 1.29. The quantitative estimate of drug-likeness (QED) is 0.721. The molecule has 0 heterocycles. The number of esters is 1. The lowest BCUT2D eigenvalue weighted by atomic mass is 10.2. The zero-order valence-corrected chi connectivity index (χ0v) is 9.68. The first-order chi connectivity index (χ1) is 8.19. The Morgan fingerprint density at radius 2 is 2.00 bits per heavy atom. The molecule has 1 amide bonds. The van der Waals surface area contributed by atoms with Crippen LogP contribution in [0, 0.1) is 0 Å². The SMILES string of the molecule is CCOC(=O)C(CN)NC(=O)c1ccccc1. The number of amides is 1. The molecule has 0 bridgehead atoms. The molecule has 17 heavy (non-hydrogen) atoms. The smallest absolute Gasteiger partial charge is 0.329 e. The van der Waals surface area contributed by atoms with Gasteiger partial charge in [-0.1, -0.05) is 18.2 Å².